The Morgan fingerprint density at radius 2 is 1.66 bits per heavy atom. The van der Waals surface area contributed by atoms with E-state index in [1.165, 1.54) is 0 Å². The lowest BCUT2D eigenvalue weighted by atomic mass is 10.1. The van der Waals surface area contributed by atoms with Crippen molar-refractivity contribution in [3.05, 3.63) is 103 Å². The lowest BCUT2D eigenvalue weighted by Gasteiger charge is -2.18. The molecule has 0 spiro atoms. The quantitative estimate of drug-likeness (QED) is 0.410. The number of ether oxygens (including phenoxy) is 1. The first-order chi connectivity index (χ1) is 14.1. The van der Waals surface area contributed by atoms with Crippen LogP contribution in [0.5, 0.6) is 5.75 Å². The van der Waals surface area contributed by atoms with Gasteiger partial charge in [0.05, 0.1) is 18.0 Å². The highest BCUT2D eigenvalue weighted by atomic mass is 32.2. The van der Waals surface area contributed by atoms with Gasteiger partial charge in [0.1, 0.15) is 5.75 Å². The summed E-state index contributed by atoms with van der Waals surface area (Å²) in [6.45, 7) is 3.87. The first-order valence-corrected chi connectivity index (χ1v) is 10.9. The van der Waals surface area contributed by atoms with E-state index in [-0.39, 0.29) is 6.04 Å². The van der Waals surface area contributed by atoms with E-state index in [0.717, 1.165) is 11.3 Å². The Morgan fingerprint density at radius 1 is 1.00 bits per heavy atom. The molecule has 148 valence electrons. The molecular formula is C24H23NO3S. The zero-order valence-corrected chi connectivity index (χ0v) is 17.0. The largest absolute Gasteiger partial charge is 0.497 e. The van der Waals surface area contributed by atoms with Crippen molar-refractivity contribution in [2.45, 2.75) is 22.2 Å². The number of nitrogens with zero attached hydrogens (tertiary/aromatic N) is 1. The summed E-state index contributed by atoms with van der Waals surface area (Å²) >= 11 is 0. The Morgan fingerprint density at radius 3 is 2.28 bits per heavy atom. The van der Waals surface area contributed by atoms with Gasteiger partial charge < -0.3 is 9.64 Å². The van der Waals surface area contributed by atoms with Crippen LogP contribution in [-0.4, -0.2) is 20.4 Å². The lowest BCUT2D eigenvalue weighted by molar-refractivity contribution is 0.414. The first-order valence-electron chi connectivity index (χ1n) is 9.45. The molecule has 1 aliphatic rings. The smallest absolute Gasteiger partial charge is 0.205 e. The molecule has 4 rings (SSSR count). The molecule has 1 aliphatic heterocycles. The molecule has 3 aromatic rings. The number of sulfone groups is 1. The number of benzene rings is 3. The van der Waals surface area contributed by atoms with Crippen LogP contribution in [0.15, 0.2) is 102 Å². The number of methoxy groups -OCH3 is 1. The maximum Gasteiger partial charge on any atom is 0.205 e. The zero-order valence-electron chi connectivity index (χ0n) is 16.2. The van der Waals surface area contributed by atoms with E-state index in [4.69, 9.17) is 4.74 Å². The SMILES string of the molecule is C=CCC1(S(=O)(=O)c2ccccc2)C(c2cccc(OC)c2)N1c1ccccc1. The summed E-state index contributed by atoms with van der Waals surface area (Å²) in [5, 5.41) is 0. The molecule has 0 N–H and O–H groups in total. The van der Waals surface area contributed by atoms with E-state index in [0.29, 0.717) is 17.1 Å². The molecule has 0 radical (unpaired) electrons. The fourth-order valence-corrected chi connectivity index (χ4v) is 6.31. The van der Waals surface area contributed by atoms with Crippen molar-refractivity contribution in [3.8, 4) is 5.75 Å². The van der Waals surface area contributed by atoms with E-state index in [9.17, 15) is 8.42 Å². The van der Waals surface area contributed by atoms with Gasteiger partial charge in [0, 0.05) is 12.1 Å². The summed E-state index contributed by atoms with van der Waals surface area (Å²) in [5.41, 5.74) is 1.76. The van der Waals surface area contributed by atoms with E-state index < -0.39 is 14.7 Å². The highest BCUT2D eigenvalue weighted by Crippen LogP contribution is 2.62. The molecule has 5 heteroatoms. The molecule has 2 unspecified atom stereocenters. The van der Waals surface area contributed by atoms with Crippen molar-refractivity contribution in [1.29, 1.82) is 0 Å². The summed E-state index contributed by atoms with van der Waals surface area (Å²) in [6.07, 6.45) is 2.00. The van der Waals surface area contributed by atoms with Gasteiger partial charge in [-0.3, -0.25) is 0 Å². The second kappa shape index (κ2) is 7.41. The maximum absolute atomic E-state index is 13.9. The average molecular weight is 406 g/mol. The number of rotatable bonds is 7. The summed E-state index contributed by atoms with van der Waals surface area (Å²) < 4.78 is 33.2. The Hall–Kier alpha value is -3.05. The Kier molecular flexibility index (Phi) is 4.92. The summed E-state index contributed by atoms with van der Waals surface area (Å²) in [6, 6.07) is 25.6. The Balaban J connectivity index is 1.92. The van der Waals surface area contributed by atoms with Crippen LogP contribution in [0.25, 0.3) is 0 Å². The fraction of sp³-hybridized carbons (Fsp3) is 0.167. The highest BCUT2D eigenvalue weighted by Gasteiger charge is 2.71. The van der Waals surface area contributed by atoms with Gasteiger partial charge in [0.2, 0.25) is 9.84 Å². The summed E-state index contributed by atoms with van der Waals surface area (Å²) in [4.78, 5) is 1.16. The monoisotopic (exact) mass is 405 g/mol. The van der Waals surface area contributed by atoms with Gasteiger partial charge in [-0.05, 0) is 42.0 Å². The minimum absolute atomic E-state index is 0.307. The standard InChI is InChI=1S/C24H23NO3S/c1-3-17-24(29(26,27)22-15-8-5-9-16-22)23(19-11-10-14-21(18-19)28-2)25(24)20-12-6-4-7-13-20/h3-16,18,23H,1,17H2,2H3. The molecular weight excluding hydrogens is 382 g/mol. The van der Waals surface area contributed by atoms with Gasteiger partial charge in [-0.2, -0.15) is 0 Å². The van der Waals surface area contributed by atoms with Crippen molar-refractivity contribution in [3.63, 3.8) is 0 Å². The van der Waals surface area contributed by atoms with Crippen LogP contribution in [0, 0.1) is 0 Å². The minimum Gasteiger partial charge on any atom is -0.497 e. The maximum atomic E-state index is 13.9. The zero-order chi connectivity index (χ0) is 20.5. The van der Waals surface area contributed by atoms with Crippen LogP contribution >= 0.6 is 0 Å². The molecule has 1 heterocycles. The van der Waals surface area contributed by atoms with Gasteiger partial charge in [0.15, 0.2) is 4.87 Å². The normalized spacial score (nSPS) is 20.9. The van der Waals surface area contributed by atoms with Crippen LogP contribution in [-0.2, 0) is 9.84 Å². The van der Waals surface area contributed by atoms with Crippen LogP contribution < -0.4 is 9.64 Å². The number of hydrogen-bond acceptors (Lipinski definition) is 4. The second-order valence-electron chi connectivity index (χ2n) is 7.04. The third-order valence-corrected chi connectivity index (χ3v) is 7.84. The molecule has 0 amide bonds. The molecule has 0 aromatic heterocycles. The van der Waals surface area contributed by atoms with E-state index in [1.807, 2.05) is 65.6 Å². The minimum atomic E-state index is -3.69. The second-order valence-corrected chi connectivity index (χ2v) is 9.22. The molecule has 1 saturated heterocycles. The predicted molar refractivity (Wildman–Crippen MR) is 116 cm³/mol. The van der Waals surface area contributed by atoms with Crippen molar-refractivity contribution in [2.24, 2.45) is 0 Å². The van der Waals surface area contributed by atoms with E-state index in [2.05, 4.69) is 6.58 Å². The van der Waals surface area contributed by atoms with Crippen LogP contribution in [0.1, 0.15) is 18.0 Å². The summed E-state index contributed by atoms with van der Waals surface area (Å²) in [5.74, 6) is 0.701. The Labute approximate surface area is 172 Å². The van der Waals surface area contributed by atoms with Crippen LogP contribution in [0.3, 0.4) is 0 Å². The molecule has 0 saturated carbocycles. The molecule has 0 bridgehead atoms. The van der Waals surface area contributed by atoms with Crippen molar-refractivity contribution in [2.75, 3.05) is 12.0 Å². The van der Waals surface area contributed by atoms with Crippen LogP contribution in [0.2, 0.25) is 0 Å². The molecule has 29 heavy (non-hydrogen) atoms. The number of anilines is 1. The lowest BCUT2D eigenvalue weighted by Crippen LogP contribution is -2.30. The highest BCUT2D eigenvalue weighted by molar-refractivity contribution is 7.93. The van der Waals surface area contributed by atoms with Gasteiger partial charge in [0.25, 0.3) is 0 Å². The molecule has 3 aromatic carbocycles. The topological polar surface area (TPSA) is 46.4 Å². The van der Waals surface area contributed by atoms with Gasteiger partial charge in [-0.25, -0.2) is 8.42 Å². The van der Waals surface area contributed by atoms with Crippen LogP contribution in [0.4, 0.5) is 5.69 Å². The van der Waals surface area contributed by atoms with E-state index in [1.54, 1.807) is 37.5 Å². The van der Waals surface area contributed by atoms with E-state index >= 15 is 0 Å². The van der Waals surface area contributed by atoms with Gasteiger partial charge >= 0.3 is 0 Å². The summed E-state index contributed by atoms with van der Waals surface area (Å²) in [7, 11) is -2.08. The molecule has 2 atom stereocenters. The van der Waals surface area contributed by atoms with Crippen molar-refractivity contribution < 1.29 is 13.2 Å². The molecule has 1 fully saturated rings. The number of para-hydroxylation sites is 1. The fourth-order valence-electron chi connectivity index (χ4n) is 4.10. The van der Waals surface area contributed by atoms with Crippen molar-refractivity contribution >= 4 is 15.5 Å². The predicted octanol–water partition coefficient (Wildman–Crippen LogP) is 5.00. The Bertz CT molecular complexity index is 1110. The average Bonchev–Trinajstić information content (AvgIpc) is 3.45. The van der Waals surface area contributed by atoms with Crippen molar-refractivity contribution in [1.82, 2.24) is 0 Å². The first kappa shape index (κ1) is 19.3. The third kappa shape index (κ3) is 3.02. The molecule has 0 aliphatic carbocycles. The molecule has 4 nitrogen and oxygen atoms in total. The third-order valence-electron chi connectivity index (χ3n) is 5.43. The van der Waals surface area contributed by atoms with Gasteiger partial charge in [-0.15, -0.1) is 6.58 Å². The van der Waals surface area contributed by atoms with Gasteiger partial charge in [-0.1, -0.05) is 54.6 Å². The number of hydrogen-bond donors (Lipinski definition) is 0.